The number of hydrogen-bond donors (Lipinski definition) is 1. The number of rotatable bonds is 6. The zero-order valence-electron chi connectivity index (χ0n) is 12.2. The fourth-order valence-corrected chi connectivity index (χ4v) is 2.37. The molecule has 0 aliphatic rings. The highest BCUT2D eigenvalue weighted by atomic mass is 127. The zero-order chi connectivity index (χ0) is 14.5. The van der Waals surface area contributed by atoms with Gasteiger partial charge in [0.1, 0.15) is 0 Å². The molecule has 2 aromatic heterocycles. The van der Waals surface area contributed by atoms with Crippen molar-refractivity contribution in [2.24, 2.45) is 0 Å². The summed E-state index contributed by atoms with van der Waals surface area (Å²) in [5.41, 5.74) is 2.40. The highest BCUT2D eigenvalue weighted by Crippen LogP contribution is 2.13. The van der Waals surface area contributed by atoms with Crippen molar-refractivity contribution in [2.45, 2.75) is 46.2 Å². The second-order valence-corrected chi connectivity index (χ2v) is 6.46. The number of halogens is 1. The van der Waals surface area contributed by atoms with Crippen LogP contribution in [0, 0.1) is 3.57 Å². The van der Waals surface area contributed by atoms with Crippen molar-refractivity contribution in [3.05, 3.63) is 39.4 Å². The molecule has 0 aliphatic carbocycles. The predicted molar refractivity (Wildman–Crippen MR) is 90.0 cm³/mol. The first-order valence-electron chi connectivity index (χ1n) is 7.02. The third kappa shape index (κ3) is 4.28. The molecule has 4 nitrogen and oxygen atoms in total. The minimum absolute atomic E-state index is 0.479. The number of hydrogen-bond acceptors (Lipinski definition) is 3. The molecule has 0 saturated heterocycles. The second-order valence-electron chi connectivity index (χ2n) is 5.21. The van der Waals surface area contributed by atoms with Gasteiger partial charge in [-0.1, -0.05) is 27.2 Å². The molecule has 0 radical (unpaired) electrons. The number of nitrogens with zero attached hydrogens (tertiary/aromatic N) is 3. The molecule has 0 unspecified atom stereocenters. The second kappa shape index (κ2) is 7.17. The van der Waals surface area contributed by atoms with E-state index in [2.05, 4.69) is 65.9 Å². The third-order valence-electron chi connectivity index (χ3n) is 2.93. The lowest BCUT2D eigenvalue weighted by molar-refractivity contribution is 0.587. The molecule has 0 amide bonds. The minimum Gasteiger partial charge on any atom is -0.310 e. The van der Waals surface area contributed by atoms with E-state index in [1.54, 1.807) is 0 Å². The van der Waals surface area contributed by atoms with Gasteiger partial charge in [-0.25, -0.2) is 9.67 Å². The predicted octanol–water partition coefficient (Wildman–Crippen LogP) is 3.32. The Morgan fingerprint density at radius 2 is 2.15 bits per heavy atom. The van der Waals surface area contributed by atoms with Gasteiger partial charge in [-0.2, -0.15) is 5.10 Å². The smallest absolute Gasteiger partial charge is 0.153 e. The van der Waals surface area contributed by atoms with Crippen molar-refractivity contribution in [2.75, 3.05) is 0 Å². The lowest BCUT2D eigenvalue weighted by Crippen LogP contribution is -2.22. The summed E-state index contributed by atoms with van der Waals surface area (Å²) in [5, 5.41) is 7.81. The van der Waals surface area contributed by atoms with Crippen LogP contribution in [0.4, 0.5) is 0 Å². The third-order valence-corrected chi connectivity index (χ3v) is 3.49. The van der Waals surface area contributed by atoms with E-state index in [0.29, 0.717) is 6.04 Å². The van der Waals surface area contributed by atoms with Crippen LogP contribution in [-0.4, -0.2) is 20.8 Å². The van der Waals surface area contributed by atoms with Crippen molar-refractivity contribution < 1.29 is 0 Å². The van der Waals surface area contributed by atoms with Crippen LogP contribution in [0.3, 0.4) is 0 Å². The Bertz CT molecular complexity index is 563. The summed E-state index contributed by atoms with van der Waals surface area (Å²) in [7, 11) is 0. The molecule has 0 spiro atoms. The van der Waals surface area contributed by atoms with Crippen molar-refractivity contribution in [1.82, 2.24) is 20.1 Å². The van der Waals surface area contributed by atoms with Crippen LogP contribution in [0.2, 0.25) is 0 Å². The molecule has 5 heteroatoms. The van der Waals surface area contributed by atoms with Gasteiger partial charge < -0.3 is 5.32 Å². The fraction of sp³-hybridized carbons (Fsp3) is 0.467. The molecule has 0 aromatic carbocycles. The van der Waals surface area contributed by atoms with Gasteiger partial charge in [-0.3, -0.25) is 0 Å². The van der Waals surface area contributed by atoms with E-state index in [1.807, 2.05) is 17.1 Å². The quantitative estimate of drug-likeness (QED) is 0.778. The van der Waals surface area contributed by atoms with Crippen LogP contribution in [0.5, 0.6) is 0 Å². The summed E-state index contributed by atoms with van der Waals surface area (Å²) in [4.78, 5) is 4.70. The molecular weight excluding hydrogens is 363 g/mol. The van der Waals surface area contributed by atoms with E-state index >= 15 is 0 Å². The monoisotopic (exact) mass is 384 g/mol. The Kier molecular flexibility index (Phi) is 5.54. The Balaban J connectivity index is 2.30. The Morgan fingerprint density at radius 1 is 1.35 bits per heavy atom. The first kappa shape index (κ1) is 15.4. The molecule has 1 N–H and O–H groups in total. The van der Waals surface area contributed by atoms with E-state index in [0.717, 1.165) is 34.5 Å². The minimum atomic E-state index is 0.479. The van der Waals surface area contributed by atoms with E-state index in [1.165, 1.54) is 5.56 Å². The molecule has 20 heavy (non-hydrogen) atoms. The van der Waals surface area contributed by atoms with E-state index in [9.17, 15) is 0 Å². The van der Waals surface area contributed by atoms with Crippen molar-refractivity contribution >= 4 is 22.6 Å². The number of aromatic nitrogens is 3. The Hall–Kier alpha value is -0.950. The topological polar surface area (TPSA) is 42.7 Å². The molecule has 2 aromatic rings. The zero-order valence-corrected chi connectivity index (χ0v) is 14.4. The number of aryl methyl sites for hydroxylation is 1. The average molecular weight is 384 g/mol. The molecule has 0 bridgehead atoms. The highest BCUT2D eigenvalue weighted by Gasteiger charge is 2.06. The summed E-state index contributed by atoms with van der Waals surface area (Å²) in [5.74, 6) is 0.902. The van der Waals surface area contributed by atoms with Crippen LogP contribution >= 0.6 is 22.6 Å². The van der Waals surface area contributed by atoms with Crippen LogP contribution in [0.25, 0.3) is 5.82 Å². The van der Waals surface area contributed by atoms with Gasteiger partial charge in [0.15, 0.2) is 5.82 Å². The molecule has 0 fully saturated rings. The number of pyridine rings is 1. The van der Waals surface area contributed by atoms with Crippen molar-refractivity contribution in [1.29, 1.82) is 0 Å². The molecule has 0 atom stereocenters. The van der Waals surface area contributed by atoms with E-state index in [-0.39, 0.29) is 0 Å². The molecular formula is C15H21IN4. The van der Waals surface area contributed by atoms with Crippen molar-refractivity contribution in [3.63, 3.8) is 0 Å². The van der Waals surface area contributed by atoms with Crippen LogP contribution in [-0.2, 0) is 13.0 Å². The maximum absolute atomic E-state index is 4.70. The van der Waals surface area contributed by atoms with E-state index in [4.69, 9.17) is 4.98 Å². The van der Waals surface area contributed by atoms with Gasteiger partial charge in [0, 0.05) is 24.5 Å². The summed E-state index contributed by atoms with van der Waals surface area (Å²) < 4.78 is 2.96. The normalized spacial score (nSPS) is 11.2. The first-order chi connectivity index (χ1) is 9.58. The fourth-order valence-electron chi connectivity index (χ4n) is 1.98. The first-order valence-corrected chi connectivity index (χ1v) is 8.10. The maximum atomic E-state index is 4.70. The van der Waals surface area contributed by atoms with Gasteiger partial charge >= 0.3 is 0 Å². The summed E-state index contributed by atoms with van der Waals surface area (Å²) in [6, 6.07) is 4.78. The van der Waals surface area contributed by atoms with Gasteiger partial charge in [0.2, 0.25) is 0 Å². The van der Waals surface area contributed by atoms with E-state index < -0.39 is 0 Å². The average Bonchev–Trinajstić information content (AvgIpc) is 2.83. The number of nitrogens with one attached hydrogen (secondary N) is 1. The molecule has 108 valence electrons. The van der Waals surface area contributed by atoms with Gasteiger partial charge in [0.05, 0.1) is 9.77 Å². The SMILES string of the molecule is CCCc1cc(CNC(C)C)cc(-n2cc(I)cn2)n1. The van der Waals surface area contributed by atoms with Crippen LogP contribution in [0.1, 0.15) is 38.4 Å². The molecule has 2 rings (SSSR count). The highest BCUT2D eigenvalue weighted by molar-refractivity contribution is 14.1. The largest absolute Gasteiger partial charge is 0.310 e. The lowest BCUT2D eigenvalue weighted by atomic mass is 10.1. The van der Waals surface area contributed by atoms with Gasteiger partial charge in [-0.05, 0) is 46.7 Å². The molecule has 2 heterocycles. The van der Waals surface area contributed by atoms with Gasteiger partial charge in [-0.15, -0.1) is 0 Å². The summed E-state index contributed by atoms with van der Waals surface area (Å²) in [6.45, 7) is 7.36. The summed E-state index contributed by atoms with van der Waals surface area (Å²) >= 11 is 2.26. The molecule has 0 aliphatic heterocycles. The summed E-state index contributed by atoms with van der Waals surface area (Å²) in [6.07, 6.45) is 5.95. The van der Waals surface area contributed by atoms with Crippen LogP contribution in [0.15, 0.2) is 24.5 Å². The van der Waals surface area contributed by atoms with Crippen molar-refractivity contribution in [3.8, 4) is 5.82 Å². The molecule has 0 saturated carbocycles. The van der Waals surface area contributed by atoms with Crippen LogP contribution < -0.4 is 5.32 Å². The maximum Gasteiger partial charge on any atom is 0.153 e. The lowest BCUT2D eigenvalue weighted by Gasteiger charge is -2.11. The van der Waals surface area contributed by atoms with Gasteiger partial charge in [0.25, 0.3) is 0 Å². The standard InChI is InChI=1S/C15H21IN4/c1-4-5-14-6-12(8-17-11(2)3)7-15(19-14)20-10-13(16)9-18-20/h6-7,9-11,17H,4-5,8H2,1-3H3. The Morgan fingerprint density at radius 3 is 2.75 bits per heavy atom. The Labute approximate surface area is 134 Å².